The second-order valence-corrected chi connectivity index (χ2v) is 10.7. The number of ether oxygens (including phenoxy) is 1. The van der Waals surface area contributed by atoms with Crippen molar-refractivity contribution in [3.63, 3.8) is 0 Å². The maximum absolute atomic E-state index is 14.8. The van der Waals surface area contributed by atoms with Gasteiger partial charge >= 0.3 is 18.2 Å². The van der Waals surface area contributed by atoms with E-state index in [0.717, 1.165) is 12.8 Å². The number of halogens is 5. The predicted molar refractivity (Wildman–Crippen MR) is 133 cm³/mol. The van der Waals surface area contributed by atoms with Crippen LogP contribution >= 0.6 is 22.9 Å². The molecule has 38 heavy (non-hydrogen) atoms. The number of carboxylic acids is 1. The number of aliphatic carboxylic acids is 1. The van der Waals surface area contributed by atoms with Crippen LogP contribution in [0.25, 0.3) is 0 Å². The SMILES string of the molecule is CC1(N)CCN(c2ccc(N3CC(CNC(=O)c4ccc(Cl)s4)OC3=O)cc2F)CC1.O=C(O)C(F)(F)F. The molecule has 0 saturated carbocycles. The number of hydrogen-bond acceptors (Lipinski definition) is 7. The van der Waals surface area contributed by atoms with Gasteiger partial charge in [0.1, 0.15) is 11.9 Å². The molecule has 15 heteroatoms. The third kappa shape index (κ3) is 7.71. The van der Waals surface area contributed by atoms with Crippen LogP contribution < -0.4 is 20.9 Å². The zero-order valence-corrected chi connectivity index (χ0v) is 21.6. The molecule has 1 aromatic carbocycles. The Kier molecular flexibility index (Phi) is 9.10. The number of carbonyl (C=O) groups excluding carboxylic acids is 2. The molecule has 4 N–H and O–H groups in total. The molecule has 0 spiro atoms. The van der Waals surface area contributed by atoms with Gasteiger partial charge in [0.2, 0.25) is 0 Å². The lowest BCUT2D eigenvalue weighted by molar-refractivity contribution is -0.192. The van der Waals surface area contributed by atoms with E-state index in [1.54, 1.807) is 24.3 Å². The number of alkyl halides is 3. The van der Waals surface area contributed by atoms with Crippen molar-refractivity contribution in [2.24, 2.45) is 5.73 Å². The molecular formula is C23H25ClF4N4O5S. The number of benzene rings is 1. The van der Waals surface area contributed by atoms with Crippen LogP contribution in [0, 0.1) is 5.82 Å². The Labute approximate surface area is 224 Å². The second kappa shape index (κ2) is 11.7. The number of cyclic esters (lactones) is 1. The maximum Gasteiger partial charge on any atom is 0.490 e. The standard InChI is InChI=1S/C21H24ClFN4O3S.C2HF3O2/c1-21(24)6-8-26(9-7-21)16-3-2-13(10-15(16)23)27-12-14(30-20(27)29)11-25-19(28)17-4-5-18(22)31-17;3-2(4,5)1(6)7/h2-5,10,14H,6-9,11-12,24H2,1H3,(H,25,28);(H,6,7). The number of nitrogens with one attached hydrogen (secondary N) is 1. The van der Waals surface area contributed by atoms with Crippen molar-refractivity contribution in [2.75, 3.05) is 36.0 Å². The Hall–Kier alpha value is -3.10. The van der Waals surface area contributed by atoms with E-state index in [4.69, 9.17) is 32.0 Å². The Balaban J connectivity index is 0.000000505. The van der Waals surface area contributed by atoms with E-state index in [2.05, 4.69) is 5.32 Å². The monoisotopic (exact) mass is 580 g/mol. The van der Waals surface area contributed by atoms with Crippen molar-refractivity contribution < 1.29 is 41.8 Å². The van der Waals surface area contributed by atoms with E-state index in [0.29, 0.717) is 33.7 Å². The molecule has 2 aliphatic heterocycles. The van der Waals surface area contributed by atoms with Gasteiger partial charge in [0.15, 0.2) is 0 Å². The Morgan fingerprint density at radius 2 is 1.89 bits per heavy atom. The average molecular weight is 581 g/mol. The van der Waals surface area contributed by atoms with Gasteiger partial charge < -0.3 is 25.8 Å². The van der Waals surface area contributed by atoms with Gasteiger partial charge in [-0.25, -0.2) is 14.0 Å². The molecule has 1 unspecified atom stereocenters. The topological polar surface area (TPSA) is 125 Å². The van der Waals surface area contributed by atoms with Crippen LogP contribution in [0.1, 0.15) is 29.4 Å². The van der Waals surface area contributed by atoms with Crippen LogP contribution in [0.4, 0.5) is 33.7 Å². The summed E-state index contributed by atoms with van der Waals surface area (Å²) in [5, 5.41) is 9.86. The molecule has 1 atom stereocenters. The minimum absolute atomic E-state index is 0.156. The van der Waals surface area contributed by atoms with Crippen LogP contribution in [-0.4, -0.2) is 67.1 Å². The first-order valence-electron chi connectivity index (χ1n) is 11.3. The molecule has 4 rings (SSSR count). The molecule has 2 saturated heterocycles. The van der Waals surface area contributed by atoms with Crippen LogP contribution in [-0.2, 0) is 9.53 Å². The largest absolute Gasteiger partial charge is 0.490 e. The molecule has 0 aliphatic carbocycles. The highest BCUT2D eigenvalue weighted by atomic mass is 35.5. The number of rotatable bonds is 5. The van der Waals surface area contributed by atoms with Gasteiger partial charge in [-0.1, -0.05) is 11.6 Å². The zero-order chi connectivity index (χ0) is 28.3. The molecule has 2 aliphatic rings. The van der Waals surface area contributed by atoms with Crippen molar-refractivity contribution in [3.05, 3.63) is 45.4 Å². The predicted octanol–water partition coefficient (Wildman–Crippen LogP) is 4.25. The highest BCUT2D eigenvalue weighted by Gasteiger charge is 2.38. The lowest BCUT2D eigenvalue weighted by Crippen LogP contribution is -2.48. The van der Waals surface area contributed by atoms with Gasteiger partial charge in [0.25, 0.3) is 5.91 Å². The molecule has 0 bridgehead atoms. The number of carboxylic acid groups (broad SMARTS) is 1. The molecule has 208 valence electrons. The van der Waals surface area contributed by atoms with Gasteiger partial charge in [-0.05, 0) is 50.1 Å². The second-order valence-electron chi connectivity index (χ2n) is 9.01. The van der Waals surface area contributed by atoms with Crippen LogP contribution in [0.15, 0.2) is 30.3 Å². The lowest BCUT2D eigenvalue weighted by Gasteiger charge is -2.38. The molecule has 2 fully saturated rings. The molecule has 1 aromatic heterocycles. The van der Waals surface area contributed by atoms with Crippen LogP contribution in [0.3, 0.4) is 0 Å². The third-order valence-corrected chi connectivity index (χ3v) is 7.12. The summed E-state index contributed by atoms with van der Waals surface area (Å²) >= 11 is 7.02. The Bertz CT molecular complexity index is 1180. The molecule has 0 radical (unpaired) electrons. The number of amides is 2. The first-order chi connectivity index (χ1) is 17.7. The van der Waals surface area contributed by atoms with Gasteiger partial charge in [-0.3, -0.25) is 9.69 Å². The van der Waals surface area contributed by atoms with Crippen LogP contribution in [0.2, 0.25) is 4.34 Å². The molecule has 3 heterocycles. The van der Waals surface area contributed by atoms with Crippen LogP contribution in [0.5, 0.6) is 0 Å². The number of anilines is 2. The minimum atomic E-state index is -5.08. The molecular weight excluding hydrogens is 556 g/mol. The highest BCUT2D eigenvalue weighted by Crippen LogP contribution is 2.31. The highest BCUT2D eigenvalue weighted by molar-refractivity contribution is 7.18. The number of hydrogen-bond donors (Lipinski definition) is 3. The third-order valence-electron chi connectivity index (χ3n) is 5.89. The van der Waals surface area contributed by atoms with Gasteiger partial charge in [0, 0.05) is 18.6 Å². The van der Waals surface area contributed by atoms with Gasteiger partial charge in [-0.15, -0.1) is 11.3 Å². The van der Waals surface area contributed by atoms with Crippen molar-refractivity contribution in [3.8, 4) is 0 Å². The normalized spacial score (nSPS) is 18.9. The Morgan fingerprint density at radius 3 is 2.42 bits per heavy atom. The summed E-state index contributed by atoms with van der Waals surface area (Å²) < 4.78 is 52.4. The summed E-state index contributed by atoms with van der Waals surface area (Å²) in [7, 11) is 0. The van der Waals surface area contributed by atoms with Crippen molar-refractivity contribution in [1.82, 2.24) is 5.32 Å². The molecule has 2 aromatic rings. The van der Waals surface area contributed by atoms with E-state index < -0.39 is 30.2 Å². The zero-order valence-electron chi connectivity index (χ0n) is 20.1. The number of nitrogens with zero attached hydrogens (tertiary/aromatic N) is 2. The first kappa shape index (κ1) is 29.5. The lowest BCUT2D eigenvalue weighted by atomic mass is 9.91. The van der Waals surface area contributed by atoms with E-state index >= 15 is 0 Å². The maximum atomic E-state index is 14.8. The van der Waals surface area contributed by atoms with E-state index in [-0.39, 0.29) is 24.5 Å². The summed E-state index contributed by atoms with van der Waals surface area (Å²) in [6, 6.07) is 8.03. The summed E-state index contributed by atoms with van der Waals surface area (Å²) in [6.45, 7) is 3.76. The molecule has 9 nitrogen and oxygen atoms in total. The smallest absolute Gasteiger partial charge is 0.475 e. The van der Waals surface area contributed by atoms with E-state index in [1.807, 2.05) is 11.8 Å². The first-order valence-corrected chi connectivity index (χ1v) is 12.5. The Morgan fingerprint density at radius 1 is 1.26 bits per heavy atom. The minimum Gasteiger partial charge on any atom is -0.475 e. The number of piperidine rings is 1. The van der Waals surface area contributed by atoms with Gasteiger partial charge in [-0.2, -0.15) is 13.2 Å². The molecule has 2 amide bonds. The fourth-order valence-electron chi connectivity index (χ4n) is 3.75. The van der Waals surface area contributed by atoms with Crippen molar-refractivity contribution in [2.45, 2.75) is 37.6 Å². The summed E-state index contributed by atoms with van der Waals surface area (Å²) in [5.74, 6) is -3.43. The number of carbonyl (C=O) groups is 3. The van der Waals surface area contributed by atoms with E-state index in [1.165, 1.54) is 22.3 Å². The number of nitrogens with two attached hydrogens (primary N) is 1. The number of thiophene rings is 1. The summed E-state index contributed by atoms with van der Waals surface area (Å²) in [4.78, 5) is 37.2. The fraction of sp³-hybridized carbons (Fsp3) is 0.435. The van der Waals surface area contributed by atoms with Crippen molar-refractivity contribution in [1.29, 1.82) is 0 Å². The van der Waals surface area contributed by atoms with Gasteiger partial charge in [0.05, 0.1) is 33.7 Å². The summed E-state index contributed by atoms with van der Waals surface area (Å²) in [5.41, 5.74) is 6.87. The van der Waals surface area contributed by atoms with Crippen molar-refractivity contribution >= 4 is 52.3 Å². The average Bonchev–Trinajstić information content (AvgIpc) is 3.43. The fourth-order valence-corrected chi connectivity index (χ4v) is 4.71. The summed E-state index contributed by atoms with van der Waals surface area (Å²) in [6.07, 6.45) is -4.60. The van der Waals surface area contributed by atoms with E-state index in [9.17, 15) is 27.2 Å². The quantitative estimate of drug-likeness (QED) is 0.452.